The van der Waals surface area contributed by atoms with Gasteiger partial charge in [0.2, 0.25) is 5.91 Å². The lowest BCUT2D eigenvalue weighted by molar-refractivity contribution is -0.384. The average molecular weight is 343 g/mol. The fourth-order valence-electron chi connectivity index (χ4n) is 2.11. The van der Waals surface area contributed by atoms with E-state index in [0.717, 1.165) is 0 Å². The Morgan fingerprint density at radius 1 is 1.20 bits per heavy atom. The molecular weight excluding hydrogens is 326 g/mol. The number of nitro benzene ring substituents is 1. The van der Waals surface area contributed by atoms with E-state index < -0.39 is 10.9 Å². The van der Waals surface area contributed by atoms with Crippen molar-refractivity contribution in [2.75, 3.05) is 24.3 Å². The normalized spacial score (nSPS) is 10.0. The van der Waals surface area contributed by atoms with Crippen LogP contribution in [0.15, 0.2) is 42.5 Å². The number of hydrogen-bond donors (Lipinski definition) is 2. The van der Waals surface area contributed by atoms with Gasteiger partial charge in [-0.1, -0.05) is 12.1 Å². The van der Waals surface area contributed by atoms with Gasteiger partial charge in [-0.3, -0.25) is 14.9 Å². The number of hydrogen-bond acceptors (Lipinski definition) is 6. The summed E-state index contributed by atoms with van der Waals surface area (Å²) < 4.78 is 4.64. The van der Waals surface area contributed by atoms with Gasteiger partial charge in [-0.25, -0.2) is 4.79 Å². The van der Waals surface area contributed by atoms with E-state index in [-0.39, 0.29) is 18.1 Å². The van der Waals surface area contributed by atoms with Gasteiger partial charge in [0.25, 0.3) is 5.69 Å². The number of aryl methyl sites for hydroxylation is 1. The van der Waals surface area contributed by atoms with Crippen molar-refractivity contribution in [3.8, 4) is 0 Å². The second-order valence-electron chi connectivity index (χ2n) is 5.23. The molecule has 0 spiro atoms. The van der Waals surface area contributed by atoms with E-state index in [4.69, 9.17) is 0 Å². The number of amides is 1. The largest absolute Gasteiger partial charge is 0.465 e. The number of benzene rings is 2. The van der Waals surface area contributed by atoms with E-state index >= 15 is 0 Å². The number of nitrogens with one attached hydrogen (secondary N) is 2. The molecule has 0 aliphatic heterocycles. The van der Waals surface area contributed by atoms with E-state index in [1.165, 1.54) is 19.2 Å². The molecule has 0 atom stereocenters. The predicted molar refractivity (Wildman–Crippen MR) is 92.7 cm³/mol. The van der Waals surface area contributed by atoms with Crippen molar-refractivity contribution in [3.63, 3.8) is 0 Å². The SMILES string of the molecule is COC(=O)c1cccc(NCC(=O)Nc2cc([N+](=O)[O-])ccc2C)c1. The molecule has 130 valence electrons. The van der Waals surface area contributed by atoms with Gasteiger partial charge in [0.05, 0.1) is 29.8 Å². The van der Waals surface area contributed by atoms with Gasteiger partial charge in [-0.05, 0) is 30.7 Å². The smallest absolute Gasteiger partial charge is 0.337 e. The van der Waals surface area contributed by atoms with Crippen LogP contribution >= 0.6 is 0 Å². The highest BCUT2D eigenvalue weighted by Crippen LogP contribution is 2.21. The summed E-state index contributed by atoms with van der Waals surface area (Å²) in [5.74, 6) is -0.840. The molecule has 2 aromatic carbocycles. The van der Waals surface area contributed by atoms with Crippen LogP contribution in [0.1, 0.15) is 15.9 Å². The number of anilines is 2. The molecule has 0 saturated heterocycles. The summed E-state index contributed by atoms with van der Waals surface area (Å²) in [4.78, 5) is 33.8. The summed E-state index contributed by atoms with van der Waals surface area (Å²) in [6, 6.07) is 10.8. The lowest BCUT2D eigenvalue weighted by atomic mass is 10.2. The van der Waals surface area contributed by atoms with Crippen molar-refractivity contribution in [2.45, 2.75) is 6.92 Å². The van der Waals surface area contributed by atoms with E-state index in [1.54, 1.807) is 37.3 Å². The second-order valence-corrected chi connectivity index (χ2v) is 5.23. The maximum atomic E-state index is 12.1. The molecule has 1 amide bonds. The Balaban J connectivity index is 2.01. The van der Waals surface area contributed by atoms with Gasteiger partial charge in [0.1, 0.15) is 0 Å². The Bertz CT molecular complexity index is 820. The molecule has 0 aromatic heterocycles. The fraction of sp³-hybridized carbons (Fsp3) is 0.176. The van der Waals surface area contributed by atoms with Gasteiger partial charge >= 0.3 is 5.97 Å². The van der Waals surface area contributed by atoms with Crippen molar-refractivity contribution >= 4 is 28.9 Å². The minimum absolute atomic E-state index is 0.0627. The van der Waals surface area contributed by atoms with Crippen LogP contribution in [0.4, 0.5) is 17.1 Å². The zero-order valence-corrected chi connectivity index (χ0v) is 13.7. The molecular formula is C17H17N3O5. The molecule has 2 aromatic rings. The van der Waals surface area contributed by atoms with E-state index in [0.29, 0.717) is 22.5 Å². The minimum atomic E-state index is -0.522. The highest BCUT2D eigenvalue weighted by atomic mass is 16.6. The Hall–Kier alpha value is -3.42. The molecule has 0 aliphatic carbocycles. The van der Waals surface area contributed by atoms with Crippen molar-refractivity contribution in [1.29, 1.82) is 0 Å². The molecule has 2 rings (SSSR count). The number of methoxy groups -OCH3 is 1. The Morgan fingerprint density at radius 2 is 1.96 bits per heavy atom. The van der Waals surface area contributed by atoms with Crippen LogP contribution in [0.2, 0.25) is 0 Å². The molecule has 8 heteroatoms. The topological polar surface area (TPSA) is 111 Å². The van der Waals surface area contributed by atoms with E-state index in [1.807, 2.05) is 0 Å². The van der Waals surface area contributed by atoms with Gasteiger partial charge in [0.15, 0.2) is 0 Å². The maximum Gasteiger partial charge on any atom is 0.337 e. The van der Waals surface area contributed by atoms with E-state index in [9.17, 15) is 19.7 Å². The van der Waals surface area contributed by atoms with Crippen LogP contribution in [-0.2, 0) is 9.53 Å². The molecule has 2 N–H and O–H groups in total. The first kappa shape index (κ1) is 17.9. The van der Waals surface area contributed by atoms with Crippen molar-refractivity contribution < 1.29 is 19.2 Å². The number of nitrogens with zero attached hydrogens (tertiary/aromatic N) is 1. The third-order valence-electron chi connectivity index (χ3n) is 3.44. The summed E-state index contributed by atoms with van der Waals surface area (Å²) in [5, 5.41) is 16.3. The molecule has 0 fully saturated rings. The summed E-state index contributed by atoms with van der Waals surface area (Å²) >= 11 is 0. The van der Waals surface area contributed by atoms with Crippen molar-refractivity contribution in [1.82, 2.24) is 0 Å². The molecule has 25 heavy (non-hydrogen) atoms. The standard InChI is InChI=1S/C17H17N3O5/c1-11-6-7-14(20(23)24)9-15(11)19-16(21)10-18-13-5-3-4-12(8-13)17(22)25-2/h3-9,18H,10H2,1-2H3,(H,19,21). The minimum Gasteiger partial charge on any atom is -0.465 e. The quantitative estimate of drug-likeness (QED) is 0.474. The second kappa shape index (κ2) is 7.91. The van der Waals surface area contributed by atoms with Crippen molar-refractivity contribution in [3.05, 3.63) is 63.7 Å². The Labute approximate surface area is 144 Å². The van der Waals surface area contributed by atoms with Crippen molar-refractivity contribution in [2.24, 2.45) is 0 Å². The van der Waals surface area contributed by atoms with Crippen LogP contribution in [0.3, 0.4) is 0 Å². The average Bonchev–Trinajstić information content (AvgIpc) is 2.61. The van der Waals surface area contributed by atoms with Gasteiger partial charge in [-0.15, -0.1) is 0 Å². The summed E-state index contributed by atoms with van der Waals surface area (Å²) in [6.45, 7) is 1.68. The molecule has 0 saturated carbocycles. The predicted octanol–water partition coefficient (Wildman–Crippen LogP) is 2.74. The van der Waals surface area contributed by atoms with Crippen LogP contribution in [0.25, 0.3) is 0 Å². The monoisotopic (exact) mass is 343 g/mol. The number of non-ortho nitro benzene ring substituents is 1. The maximum absolute atomic E-state index is 12.1. The number of carbonyl (C=O) groups is 2. The zero-order valence-electron chi connectivity index (χ0n) is 13.7. The number of esters is 1. The molecule has 0 heterocycles. The first-order chi connectivity index (χ1) is 11.9. The van der Waals surface area contributed by atoms with E-state index in [2.05, 4.69) is 15.4 Å². The number of ether oxygens (including phenoxy) is 1. The summed E-state index contributed by atoms with van der Waals surface area (Å²) in [6.07, 6.45) is 0. The molecule has 0 unspecified atom stereocenters. The molecule has 0 aliphatic rings. The Morgan fingerprint density at radius 3 is 2.64 bits per heavy atom. The lowest BCUT2D eigenvalue weighted by Crippen LogP contribution is -2.22. The number of nitro groups is 1. The molecule has 0 bridgehead atoms. The first-order valence-corrected chi connectivity index (χ1v) is 7.38. The summed E-state index contributed by atoms with van der Waals surface area (Å²) in [5.41, 5.74) is 1.94. The van der Waals surface area contributed by atoms with Gasteiger partial charge in [0, 0.05) is 17.8 Å². The first-order valence-electron chi connectivity index (χ1n) is 7.38. The summed E-state index contributed by atoms with van der Waals surface area (Å²) in [7, 11) is 1.29. The highest BCUT2D eigenvalue weighted by Gasteiger charge is 2.11. The third-order valence-corrected chi connectivity index (χ3v) is 3.44. The van der Waals surface area contributed by atoms with Crippen LogP contribution in [0.5, 0.6) is 0 Å². The van der Waals surface area contributed by atoms with Gasteiger partial charge < -0.3 is 15.4 Å². The zero-order chi connectivity index (χ0) is 18.4. The van der Waals surface area contributed by atoms with Crippen LogP contribution in [-0.4, -0.2) is 30.5 Å². The van der Waals surface area contributed by atoms with Crippen LogP contribution in [0, 0.1) is 17.0 Å². The van der Waals surface area contributed by atoms with Crippen LogP contribution < -0.4 is 10.6 Å². The van der Waals surface area contributed by atoms with Gasteiger partial charge in [-0.2, -0.15) is 0 Å². The molecule has 8 nitrogen and oxygen atoms in total. The number of carbonyl (C=O) groups excluding carboxylic acids is 2. The highest BCUT2D eigenvalue weighted by molar-refractivity contribution is 5.95. The Kier molecular flexibility index (Phi) is 5.67. The molecule has 0 radical (unpaired) electrons. The lowest BCUT2D eigenvalue weighted by Gasteiger charge is -2.10. The fourth-order valence-corrected chi connectivity index (χ4v) is 2.11. The third kappa shape index (κ3) is 4.77. The number of rotatable bonds is 6.